The molecular formula is C10H13ClN2O2S. The number of hydrogen-bond donors (Lipinski definition) is 1. The van der Waals surface area contributed by atoms with Crippen molar-refractivity contribution in [2.45, 2.75) is 18.9 Å². The molecule has 1 aliphatic heterocycles. The van der Waals surface area contributed by atoms with Crippen molar-refractivity contribution in [2.24, 2.45) is 5.14 Å². The maximum Gasteiger partial charge on any atom is 0.277 e. The second-order valence-corrected chi connectivity index (χ2v) is 5.74. The Morgan fingerprint density at radius 3 is 2.69 bits per heavy atom. The number of hydrogen-bond acceptors (Lipinski definition) is 2. The molecule has 0 bridgehead atoms. The summed E-state index contributed by atoms with van der Waals surface area (Å²) in [6.07, 6.45) is 1.58. The van der Waals surface area contributed by atoms with E-state index >= 15 is 0 Å². The molecule has 2 N–H and O–H groups in total. The largest absolute Gasteiger partial charge is 0.277 e. The molecule has 1 saturated heterocycles. The van der Waals surface area contributed by atoms with Gasteiger partial charge in [0.1, 0.15) is 0 Å². The molecule has 1 aliphatic rings. The predicted molar refractivity (Wildman–Crippen MR) is 63.2 cm³/mol. The Bertz CT molecular complexity index is 489. The highest BCUT2D eigenvalue weighted by Crippen LogP contribution is 2.36. The van der Waals surface area contributed by atoms with Crippen molar-refractivity contribution >= 4 is 21.8 Å². The van der Waals surface area contributed by atoms with Crippen LogP contribution in [-0.2, 0) is 10.2 Å². The highest BCUT2D eigenvalue weighted by atomic mass is 35.5. The average Bonchev–Trinajstić information content (AvgIpc) is 2.66. The van der Waals surface area contributed by atoms with Crippen molar-refractivity contribution in [3.8, 4) is 0 Å². The van der Waals surface area contributed by atoms with Gasteiger partial charge in [0, 0.05) is 11.6 Å². The summed E-state index contributed by atoms with van der Waals surface area (Å²) in [6, 6.07) is 7.05. The van der Waals surface area contributed by atoms with Crippen molar-refractivity contribution in [3.63, 3.8) is 0 Å². The van der Waals surface area contributed by atoms with Crippen molar-refractivity contribution in [3.05, 3.63) is 34.9 Å². The van der Waals surface area contributed by atoms with Gasteiger partial charge >= 0.3 is 0 Å². The minimum absolute atomic E-state index is 0.219. The monoisotopic (exact) mass is 260 g/mol. The van der Waals surface area contributed by atoms with Gasteiger partial charge in [-0.15, -0.1) is 0 Å². The van der Waals surface area contributed by atoms with E-state index in [2.05, 4.69) is 0 Å². The zero-order valence-corrected chi connectivity index (χ0v) is 10.2. The van der Waals surface area contributed by atoms with Gasteiger partial charge in [0.05, 0.1) is 6.04 Å². The highest BCUT2D eigenvalue weighted by molar-refractivity contribution is 7.86. The molecule has 1 fully saturated rings. The van der Waals surface area contributed by atoms with Gasteiger partial charge in [-0.25, -0.2) is 5.14 Å². The van der Waals surface area contributed by atoms with E-state index in [1.54, 1.807) is 6.07 Å². The molecule has 1 atom stereocenters. The summed E-state index contributed by atoms with van der Waals surface area (Å²) in [7, 11) is -3.64. The van der Waals surface area contributed by atoms with Crippen LogP contribution in [-0.4, -0.2) is 19.3 Å². The number of nitrogens with two attached hydrogens (primary N) is 1. The van der Waals surface area contributed by atoms with E-state index in [0.29, 0.717) is 11.6 Å². The minimum Gasteiger partial charge on any atom is -0.216 e. The SMILES string of the molecule is NS(=O)(=O)N1CCCC1c1ccccc1Cl. The third-order valence-corrected chi connectivity index (χ3v) is 4.23. The zero-order valence-electron chi connectivity index (χ0n) is 8.64. The average molecular weight is 261 g/mol. The van der Waals surface area contributed by atoms with Crippen molar-refractivity contribution < 1.29 is 8.42 Å². The zero-order chi connectivity index (χ0) is 11.8. The van der Waals surface area contributed by atoms with Gasteiger partial charge in [-0.3, -0.25) is 0 Å². The Morgan fingerprint density at radius 2 is 2.06 bits per heavy atom. The number of nitrogens with zero attached hydrogens (tertiary/aromatic N) is 1. The summed E-state index contributed by atoms with van der Waals surface area (Å²) >= 11 is 6.06. The maximum atomic E-state index is 11.4. The fourth-order valence-corrected chi connectivity index (χ4v) is 3.32. The lowest BCUT2D eigenvalue weighted by molar-refractivity contribution is 0.397. The van der Waals surface area contributed by atoms with E-state index < -0.39 is 10.2 Å². The molecule has 88 valence electrons. The van der Waals surface area contributed by atoms with Crippen LogP contribution >= 0.6 is 11.6 Å². The van der Waals surface area contributed by atoms with Gasteiger partial charge in [0.25, 0.3) is 10.2 Å². The van der Waals surface area contributed by atoms with Crippen LogP contribution in [0.2, 0.25) is 5.02 Å². The number of rotatable bonds is 2. The van der Waals surface area contributed by atoms with Gasteiger partial charge in [0.15, 0.2) is 0 Å². The number of benzene rings is 1. The van der Waals surface area contributed by atoms with Gasteiger partial charge in [-0.2, -0.15) is 12.7 Å². The lowest BCUT2D eigenvalue weighted by Gasteiger charge is -2.22. The van der Waals surface area contributed by atoms with Crippen LogP contribution in [0, 0.1) is 0 Å². The molecule has 0 spiro atoms. The third kappa shape index (κ3) is 2.22. The first-order valence-corrected chi connectivity index (χ1v) is 6.92. The van der Waals surface area contributed by atoms with Crippen molar-refractivity contribution in [1.29, 1.82) is 0 Å². The number of halogens is 1. The molecule has 1 unspecified atom stereocenters. The first kappa shape index (κ1) is 11.9. The minimum atomic E-state index is -3.64. The molecular weight excluding hydrogens is 248 g/mol. The molecule has 0 saturated carbocycles. The standard InChI is InChI=1S/C10H13ClN2O2S/c11-9-5-2-1-4-8(9)10-6-3-7-13(10)16(12,14)15/h1-2,4-5,10H,3,6-7H2,(H2,12,14,15). The Balaban J connectivity index is 2.38. The predicted octanol–water partition coefficient (Wildman–Crippen LogP) is 1.68. The maximum absolute atomic E-state index is 11.4. The first-order chi connectivity index (χ1) is 7.50. The summed E-state index contributed by atoms with van der Waals surface area (Å²) < 4.78 is 24.1. The van der Waals surface area contributed by atoms with Gasteiger partial charge in [-0.1, -0.05) is 29.8 Å². The fraction of sp³-hybridized carbons (Fsp3) is 0.400. The summed E-state index contributed by atoms with van der Waals surface area (Å²) in [5.41, 5.74) is 0.829. The second-order valence-electron chi connectivity index (χ2n) is 3.84. The topological polar surface area (TPSA) is 63.4 Å². The first-order valence-electron chi connectivity index (χ1n) is 5.04. The Morgan fingerprint density at radius 1 is 1.38 bits per heavy atom. The summed E-state index contributed by atoms with van der Waals surface area (Å²) in [5.74, 6) is 0. The molecule has 2 rings (SSSR count). The van der Waals surface area contributed by atoms with Crippen molar-refractivity contribution in [1.82, 2.24) is 4.31 Å². The van der Waals surface area contributed by atoms with Crippen LogP contribution < -0.4 is 5.14 Å². The summed E-state index contributed by atoms with van der Waals surface area (Å²) in [4.78, 5) is 0. The molecule has 0 radical (unpaired) electrons. The molecule has 4 nitrogen and oxygen atoms in total. The highest BCUT2D eigenvalue weighted by Gasteiger charge is 2.33. The van der Waals surface area contributed by atoms with Crippen molar-refractivity contribution in [2.75, 3.05) is 6.54 Å². The smallest absolute Gasteiger partial charge is 0.216 e. The van der Waals surface area contributed by atoms with Crippen LogP contribution in [0.4, 0.5) is 0 Å². The van der Waals surface area contributed by atoms with Crippen LogP contribution in [0.15, 0.2) is 24.3 Å². The molecule has 6 heteroatoms. The Kier molecular flexibility index (Phi) is 3.21. The molecule has 0 amide bonds. The normalized spacial score (nSPS) is 22.5. The summed E-state index contributed by atoms with van der Waals surface area (Å²) in [6.45, 7) is 0.467. The third-order valence-electron chi connectivity index (χ3n) is 2.79. The van der Waals surface area contributed by atoms with Gasteiger partial charge in [-0.05, 0) is 24.5 Å². The lowest BCUT2D eigenvalue weighted by Crippen LogP contribution is -2.36. The van der Waals surface area contributed by atoms with Crippen LogP contribution in [0.1, 0.15) is 24.4 Å². The molecule has 1 aromatic rings. The Labute approximate surface area is 100 Å². The van der Waals surface area contributed by atoms with Crippen LogP contribution in [0.5, 0.6) is 0 Å². The van der Waals surface area contributed by atoms with E-state index in [1.807, 2.05) is 18.2 Å². The van der Waals surface area contributed by atoms with Gasteiger partial charge in [0.2, 0.25) is 0 Å². The van der Waals surface area contributed by atoms with E-state index in [9.17, 15) is 8.42 Å². The quantitative estimate of drug-likeness (QED) is 0.879. The van der Waals surface area contributed by atoms with Crippen LogP contribution in [0.25, 0.3) is 0 Å². The molecule has 1 aromatic carbocycles. The molecule has 1 heterocycles. The lowest BCUT2D eigenvalue weighted by atomic mass is 10.1. The van der Waals surface area contributed by atoms with E-state index in [1.165, 1.54) is 4.31 Å². The second kappa shape index (κ2) is 4.33. The van der Waals surface area contributed by atoms with E-state index in [0.717, 1.165) is 18.4 Å². The van der Waals surface area contributed by atoms with Gasteiger partial charge < -0.3 is 0 Å². The Hall–Kier alpha value is -0.620. The summed E-state index contributed by atoms with van der Waals surface area (Å²) in [5, 5.41) is 5.76. The van der Waals surface area contributed by atoms with Crippen LogP contribution in [0.3, 0.4) is 0 Å². The molecule has 0 aliphatic carbocycles. The van der Waals surface area contributed by atoms with E-state index in [-0.39, 0.29) is 6.04 Å². The molecule has 16 heavy (non-hydrogen) atoms. The molecule has 0 aromatic heterocycles. The van der Waals surface area contributed by atoms with E-state index in [4.69, 9.17) is 16.7 Å². The fourth-order valence-electron chi connectivity index (χ4n) is 2.10.